The van der Waals surface area contributed by atoms with Gasteiger partial charge in [0.15, 0.2) is 0 Å². The van der Waals surface area contributed by atoms with Crippen LogP contribution in [0.15, 0.2) is 30.5 Å². The minimum atomic E-state index is -2.84. The summed E-state index contributed by atoms with van der Waals surface area (Å²) in [7, 11) is 0. The van der Waals surface area contributed by atoms with E-state index in [1.165, 1.54) is 6.07 Å². The summed E-state index contributed by atoms with van der Waals surface area (Å²) in [5.74, 6) is 0.499. The molecule has 2 N–H and O–H groups in total. The predicted octanol–water partition coefficient (Wildman–Crippen LogP) is 2.42. The van der Waals surface area contributed by atoms with E-state index >= 15 is 0 Å². The Balaban J connectivity index is 2.29. The smallest absolute Gasteiger partial charge is 0.387 e. The number of nitrogens with zero attached hydrogens (tertiary/aromatic N) is 2. The van der Waals surface area contributed by atoms with Crippen LogP contribution in [0.25, 0.3) is 0 Å². The molecule has 0 aliphatic heterocycles. The standard InChI is InChI=1S/C12H13F2N3O/c1-8-6-16-12(15)17(8)7-9-4-2-3-5-10(9)18-11(13)14/h2-6,11H,7H2,1H3,(H2,15,16). The molecular weight excluding hydrogens is 240 g/mol. The lowest BCUT2D eigenvalue weighted by molar-refractivity contribution is -0.0504. The Morgan fingerprint density at radius 3 is 2.72 bits per heavy atom. The number of nitrogens with two attached hydrogens (primary N) is 1. The van der Waals surface area contributed by atoms with Crippen LogP contribution in [-0.4, -0.2) is 16.2 Å². The highest BCUT2D eigenvalue weighted by Gasteiger charge is 2.11. The van der Waals surface area contributed by atoms with Gasteiger partial charge in [-0.2, -0.15) is 8.78 Å². The van der Waals surface area contributed by atoms with E-state index < -0.39 is 6.61 Å². The Hall–Kier alpha value is -2.11. The van der Waals surface area contributed by atoms with Crippen molar-refractivity contribution in [2.24, 2.45) is 0 Å². The molecule has 18 heavy (non-hydrogen) atoms. The van der Waals surface area contributed by atoms with Crippen molar-refractivity contribution in [3.63, 3.8) is 0 Å². The van der Waals surface area contributed by atoms with Gasteiger partial charge in [0, 0.05) is 11.3 Å². The lowest BCUT2D eigenvalue weighted by Crippen LogP contribution is -2.09. The van der Waals surface area contributed by atoms with Crippen molar-refractivity contribution in [3.8, 4) is 5.75 Å². The van der Waals surface area contributed by atoms with Gasteiger partial charge in [-0.1, -0.05) is 18.2 Å². The highest BCUT2D eigenvalue weighted by atomic mass is 19.3. The van der Waals surface area contributed by atoms with Gasteiger partial charge in [-0.25, -0.2) is 4.98 Å². The molecule has 96 valence electrons. The molecule has 2 aromatic rings. The first kappa shape index (κ1) is 12.3. The van der Waals surface area contributed by atoms with Crippen molar-refractivity contribution in [2.75, 3.05) is 5.73 Å². The van der Waals surface area contributed by atoms with E-state index in [4.69, 9.17) is 5.73 Å². The van der Waals surface area contributed by atoms with Crippen LogP contribution >= 0.6 is 0 Å². The fourth-order valence-corrected chi connectivity index (χ4v) is 1.70. The highest BCUT2D eigenvalue weighted by molar-refractivity contribution is 5.35. The van der Waals surface area contributed by atoms with Crippen LogP contribution in [0, 0.1) is 6.92 Å². The zero-order chi connectivity index (χ0) is 13.1. The maximum atomic E-state index is 12.3. The van der Waals surface area contributed by atoms with Crippen LogP contribution in [0.5, 0.6) is 5.75 Å². The van der Waals surface area contributed by atoms with E-state index in [1.807, 2.05) is 6.92 Å². The average molecular weight is 253 g/mol. The van der Waals surface area contributed by atoms with Crippen molar-refractivity contribution < 1.29 is 13.5 Å². The van der Waals surface area contributed by atoms with Crippen LogP contribution in [0.4, 0.5) is 14.7 Å². The van der Waals surface area contributed by atoms with E-state index in [-0.39, 0.29) is 5.75 Å². The van der Waals surface area contributed by atoms with E-state index in [2.05, 4.69) is 9.72 Å². The summed E-state index contributed by atoms with van der Waals surface area (Å²) >= 11 is 0. The van der Waals surface area contributed by atoms with E-state index in [1.54, 1.807) is 29.0 Å². The molecule has 0 unspecified atom stereocenters. The summed E-state index contributed by atoms with van der Waals surface area (Å²) in [6, 6.07) is 6.63. The third-order valence-electron chi connectivity index (χ3n) is 2.60. The minimum absolute atomic E-state index is 0.153. The number of halogens is 2. The molecule has 1 aromatic heterocycles. The van der Waals surface area contributed by atoms with E-state index in [9.17, 15) is 8.78 Å². The number of benzene rings is 1. The third kappa shape index (κ3) is 2.58. The first-order chi connectivity index (χ1) is 8.58. The highest BCUT2D eigenvalue weighted by Crippen LogP contribution is 2.22. The van der Waals surface area contributed by atoms with Gasteiger partial charge in [-0.05, 0) is 13.0 Å². The lowest BCUT2D eigenvalue weighted by atomic mass is 10.2. The van der Waals surface area contributed by atoms with Crippen LogP contribution in [0.3, 0.4) is 0 Å². The number of para-hydroxylation sites is 1. The molecule has 0 spiro atoms. The zero-order valence-corrected chi connectivity index (χ0v) is 9.81. The number of hydrogen-bond donors (Lipinski definition) is 1. The number of ether oxygens (including phenoxy) is 1. The molecule has 0 saturated carbocycles. The molecule has 6 heteroatoms. The Kier molecular flexibility index (Phi) is 3.45. The summed E-state index contributed by atoms with van der Waals surface area (Å²) in [5, 5.41) is 0. The first-order valence-corrected chi connectivity index (χ1v) is 5.38. The van der Waals surface area contributed by atoms with Gasteiger partial charge in [0.05, 0.1) is 12.7 Å². The van der Waals surface area contributed by atoms with E-state index in [0.29, 0.717) is 18.1 Å². The van der Waals surface area contributed by atoms with Gasteiger partial charge < -0.3 is 15.0 Å². The molecule has 0 saturated heterocycles. The molecular formula is C12H13F2N3O. The number of aryl methyl sites for hydroxylation is 1. The van der Waals surface area contributed by atoms with Crippen molar-refractivity contribution >= 4 is 5.95 Å². The second-order valence-corrected chi connectivity index (χ2v) is 3.83. The number of anilines is 1. The Bertz CT molecular complexity index is 520. The number of nitrogen functional groups attached to an aromatic ring is 1. The monoisotopic (exact) mass is 253 g/mol. The second-order valence-electron chi connectivity index (χ2n) is 3.83. The molecule has 0 bridgehead atoms. The van der Waals surface area contributed by atoms with Gasteiger partial charge in [0.2, 0.25) is 5.95 Å². The first-order valence-electron chi connectivity index (χ1n) is 5.38. The average Bonchev–Trinajstić information content (AvgIpc) is 2.62. The maximum Gasteiger partial charge on any atom is 0.387 e. The molecule has 0 amide bonds. The quantitative estimate of drug-likeness (QED) is 0.910. The summed E-state index contributed by atoms with van der Waals surface area (Å²) in [5.41, 5.74) is 7.19. The zero-order valence-electron chi connectivity index (χ0n) is 9.81. The number of rotatable bonds is 4. The fraction of sp³-hybridized carbons (Fsp3) is 0.250. The SMILES string of the molecule is Cc1cnc(N)n1Cc1ccccc1OC(F)F. The molecule has 4 nitrogen and oxygen atoms in total. The number of alkyl halides is 2. The Morgan fingerprint density at radius 2 is 2.11 bits per heavy atom. The molecule has 0 aliphatic rings. The number of hydrogen-bond acceptors (Lipinski definition) is 3. The molecule has 1 heterocycles. The van der Waals surface area contributed by atoms with Gasteiger partial charge in [0.25, 0.3) is 0 Å². The van der Waals surface area contributed by atoms with Crippen molar-refractivity contribution in [1.29, 1.82) is 0 Å². The fourth-order valence-electron chi connectivity index (χ4n) is 1.70. The third-order valence-corrected chi connectivity index (χ3v) is 2.60. The maximum absolute atomic E-state index is 12.3. The van der Waals surface area contributed by atoms with Crippen molar-refractivity contribution in [1.82, 2.24) is 9.55 Å². The minimum Gasteiger partial charge on any atom is -0.434 e. The largest absolute Gasteiger partial charge is 0.434 e. The molecule has 0 atom stereocenters. The molecule has 1 aromatic carbocycles. The summed E-state index contributed by atoms with van der Waals surface area (Å²) in [6.45, 7) is -0.645. The van der Waals surface area contributed by atoms with Crippen molar-refractivity contribution in [3.05, 3.63) is 41.7 Å². The van der Waals surface area contributed by atoms with Gasteiger partial charge in [-0.15, -0.1) is 0 Å². The molecule has 0 fully saturated rings. The molecule has 2 rings (SSSR count). The van der Waals surface area contributed by atoms with Gasteiger partial charge in [0.1, 0.15) is 5.75 Å². The summed E-state index contributed by atoms with van der Waals surface area (Å²) < 4.78 is 30.7. The van der Waals surface area contributed by atoms with Gasteiger partial charge in [-0.3, -0.25) is 0 Å². The Morgan fingerprint density at radius 1 is 1.39 bits per heavy atom. The van der Waals surface area contributed by atoms with E-state index in [0.717, 1.165) is 5.69 Å². The molecule has 0 radical (unpaired) electrons. The van der Waals surface area contributed by atoms with Gasteiger partial charge >= 0.3 is 6.61 Å². The van der Waals surface area contributed by atoms with Crippen LogP contribution in [-0.2, 0) is 6.54 Å². The summed E-state index contributed by atoms with van der Waals surface area (Å²) in [4.78, 5) is 3.95. The van der Waals surface area contributed by atoms with Crippen LogP contribution < -0.4 is 10.5 Å². The predicted molar refractivity (Wildman–Crippen MR) is 63.6 cm³/mol. The summed E-state index contributed by atoms with van der Waals surface area (Å²) in [6.07, 6.45) is 1.63. The topological polar surface area (TPSA) is 53.1 Å². The lowest BCUT2D eigenvalue weighted by Gasteiger charge is -2.12. The Labute approximate surface area is 103 Å². The molecule has 0 aliphatic carbocycles. The van der Waals surface area contributed by atoms with Crippen LogP contribution in [0.1, 0.15) is 11.3 Å². The number of aromatic nitrogens is 2. The number of imidazole rings is 1. The van der Waals surface area contributed by atoms with Crippen LogP contribution in [0.2, 0.25) is 0 Å². The second kappa shape index (κ2) is 5.03. The normalized spacial score (nSPS) is 10.9. The van der Waals surface area contributed by atoms with Crippen molar-refractivity contribution in [2.45, 2.75) is 20.1 Å².